The molecule has 0 saturated carbocycles. The third kappa shape index (κ3) is 2.52. The molecule has 5 aromatic carbocycles. The molecule has 33 heavy (non-hydrogen) atoms. The first-order valence-electron chi connectivity index (χ1n) is 11.2. The van der Waals surface area contributed by atoms with Crippen LogP contribution in [0.3, 0.4) is 0 Å². The predicted molar refractivity (Wildman–Crippen MR) is 135 cm³/mol. The molecule has 0 saturated heterocycles. The molecule has 0 amide bonds. The highest BCUT2D eigenvalue weighted by molar-refractivity contribution is 6.24. The minimum atomic E-state index is 0.110. The van der Waals surface area contributed by atoms with Crippen molar-refractivity contribution in [3.8, 4) is 27.9 Å². The lowest BCUT2D eigenvalue weighted by Crippen LogP contribution is -1.99. The molecule has 0 bridgehead atoms. The van der Waals surface area contributed by atoms with Gasteiger partial charge in [0.15, 0.2) is 5.78 Å². The largest absolute Gasteiger partial charge is 0.309 e. The van der Waals surface area contributed by atoms with Crippen molar-refractivity contribution in [3.05, 3.63) is 126 Å². The number of aromatic nitrogens is 1. The molecule has 0 spiro atoms. The van der Waals surface area contributed by atoms with Crippen molar-refractivity contribution < 1.29 is 4.79 Å². The van der Waals surface area contributed by atoms with Gasteiger partial charge in [-0.15, -0.1) is 0 Å². The van der Waals surface area contributed by atoms with Crippen LogP contribution in [0, 0.1) is 0 Å². The number of hydrogen-bond donors (Lipinski definition) is 0. The van der Waals surface area contributed by atoms with Gasteiger partial charge in [0.2, 0.25) is 0 Å². The molecule has 2 nitrogen and oxygen atoms in total. The topological polar surface area (TPSA) is 22.0 Å². The lowest BCUT2D eigenvalue weighted by atomic mass is 9.95. The summed E-state index contributed by atoms with van der Waals surface area (Å²) in [7, 11) is 0. The van der Waals surface area contributed by atoms with Crippen LogP contribution >= 0.6 is 0 Å². The Bertz CT molecular complexity index is 1680. The Kier molecular flexibility index (Phi) is 3.73. The number of benzene rings is 5. The maximum Gasteiger partial charge on any atom is 0.194 e. The second kappa shape index (κ2) is 6.78. The molecule has 1 heterocycles. The van der Waals surface area contributed by atoms with Crippen LogP contribution in [-0.2, 0) is 0 Å². The van der Waals surface area contributed by atoms with E-state index >= 15 is 0 Å². The second-order valence-electron chi connectivity index (χ2n) is 8.52. The predicted octanol–water partition coefficient (Wildman–Crippen LogP) is 7.66. The van der Waals surface area contributed by atoms with Crippen LogP contribution in [0.25, 0.3) is 49.7 Å². The summed E-state index contributed by atoms with van der Waals surface area (Å²) in [4.78, 5) is 13.3. The highest BCUT2D eigenvalue weighted by atomic mass is 16.1. The maximum absolute atomic E-state index is 13.3. The standard InChI is InChI=1S/C31H19NO/c33-31-27-14-2-1-11-23(27)26-16-8-15-22(30(26)31)20-9-7-10-21(19-20)32-28-17-5-3-12-24(28)25-13-4-6-18-29(25)32/h1-19H. The number of fused-ring (bicyclic) bond motifs is 6. The summed E-state index contributed by atoms with van der Waals surface area (Å²) >= 11 is 0. The molecule has 0 N–H and O–H groups in total. The molecule has 0 fully saturated rings. The zero-order valence-corrected chi connectivity index (χ0v) is 17.8. The Balaban J connectivity index is 1.47. The van der Waals surface area contributed by atoms with Crippen molar-refractivity contribution in [3.63, 3.8) is 0 Å². The molecule has 0 unspecified atom stereocenters. The van der Waals surface area contributed by atoms with Crippen LogP contribution in [0.1, 0.15) is 15.9 Å². The Morgan fingerprint density at radius 3 is 1.82 bits per heavy atom. The van der Waals surface area contributed by atoms with Gasteiger partial charge in [-0.1, -0.05) is 91.0 Å². The van der Waals surface area contributed by atoms with Crippen LogP contribution in [-0.4, -0.2) is 10.4 Å². The highest BCUT2D eigenvalue weighted by Crippen LogP contribution is 2.42. The van der Waals surface area contributed by atoms with Gasteiger partial charge in [-0.3, -0.25) is 4.79 Å². The second-order valence-corrected chi connectivity index (χ2v) is 8.52. The van der Waals surface area contributed by atoms with E-state index in [9.17, 15) is 4.79 Å². The van der Waals surface area contributed by atoms with Crippen LogP contribution in [0.5, 0.6) is 0 Å². The van der Waals surface area contributed by atoms with Gasteiger partial charge in [-0.05, 0) is 46.5 Å². The Hall–Kier alpha value is -4.43. The van der Waals surface area contributed by atoms with Gasteiger partial charge in [0, 0.05) is 27.6 Å². The third-order valence-electron chi connectivity index (χ3n) is 6.75. The first-order valence-corrected chi connectivity index (χ1v) is 11.2. The molecular weight excluding hydrogens is 402 g/mol. The van der Waals surface area contributed by atoms with E-state index in [-0.39, 0.29) is 5.78 Å². The number of ketones is 1. The van der Waals surface area contributed by atoms with Gasteiger partial charge in [0.05, 0.1) is 11.0 Å². The lowest BCUT2D eigenvalue weighted by Gasteiger charge is -2.12. The van der Waals surface area contributed by atoms with Gasteiger partial charge in [-0.25, -0.2) is 0 Å². The lowest BCUT2D eigenvalue weighted by molar-refractivity contribution is 0.104. The monoisotopic (exact) mass is 421 g/mol. The van der Waals surface area contributed by atoms with Crippen molar-refractivity contribution in [2.24, 2.45) is 0 Å². The van der Waals surface area contributed by atoms with E-state index in [1.807, 2.05) is 24.3 Å². The summed E-state index contributed by atoms with van der Waals surface area (Å²) in [6.45, 7) is 0. The number of para-hydroxylation sites is 2. The first-order chi connectivity index (χ1) is 16.3. The number of hydrogen-bond acceptors (Lipinski definition) is 1. The highest BCUT2D eigenvalue weighted by Gasteiger charge is 2.29. The van der Waals surface area contributed by atoms with Gasteiger partial charge in [0.25, 0.3) is 0 Å². The molecule has 154 valence electrons. The summed E-state index contributed by atoms with van der Waals surface area (Å²) in [6, 6.07) is 39.6. The minimum absolute atomic E-state index is 0.110. The molecule has 0 aliphatic heterocycles. The van der Waals surface area contributed by atoms with Crippen molar-refractivity contribution in [2.75, 3.05) is 0 Å². The third-order valence-corrected chi connectivity index (χ3v) is 6.75. The smallest absolute Gasteiger partial charge is 0.194 e. The number of carbonyl (C=O) groups is 1. The summed E-state index contributed by atoms with van der Waals surface area (Å²) in [5.74, 6) is 0.110. The molecule has 1 aliphatic carbocycles. The molecule has 2 heteroatoms. The van der Waals surface area contributed by atoms with E-state index in [0.29, 0.717) is 0 Å². The average Bonchev–Trinajstić information content (AvgIpc) is 3.37. The maximum atomic E-state index is 13.3. The van der Waals surface area contributed by atoms with Gasteiger partial charge in [0.1, 0.15) is 0 Å². The molecule has 1 aliphatic rings. The molecule has 0 atom stereocenters. The van der Waals surface area contributed by atoms with E-state index in [1.165, 1.54) is 21.8 Å². The van der Waals surface area contributed by atoms with Crippen molar-refractivity contribution >= 4 is 27.6 Å². The van der Waals surface area contributed by atoms with Crippen molar-refractivity contribution in [2.45, 2.75) is 0 Å². The normalized spacial score (nSPS) is 12.3. The number of carbonyl (C=O) groups excluding carboxylic acids is 1. The van der Waals surface area contributed by atoms with E-state index < -0.39 is 0 Å². The minimum Gasteiger partial charge on any atom is -0.309 e. The van der Waals surface area contributed by atoms with Gasteiger partial charge >= 0.3 is 0 Å². The van der Waals surface area contributed by atoms with E-state index in [2.05, 4.69) is 95.6 Å². The fourth-order valence-corrected chi connectivity index (χ4v) is 5.33. The number of rotatable bonds is 2. The van der Waals surface area contributed by atoms with Crippen LogP contribution in [0.4, 0.5) is 0 Å². The molecule has 6 aromatic rings. The van der Waals surface area contributed by atoms with Crippen molar-refractivity contribution in [1.82, 2.24) is 4.57 Å². The van der Waals surface area contributed by atoms with Crippen LogP contribution in [0.15, 0.2) is 115 Å². The average molecular weight is 421 g/mol. The summed E-state index contributed by atoms with van der Waals surface area (Å²) in [5.41, 5.74) is 9.12. The molecular formula is C31H19NO. The molecule has 1 aromatic heterocycles. The Labute approximate surface area is 191 Å². The first kappa shape index (κ1) is 18.2. The SMILES string of the molecule is O=C1c2ccccc2-c2cccc(-c3cccc(-n4c5ccccc5c5ccccc54)c3)c21. The molecule has 0 radical (unpaired) electrons. The summed E-state index contributed by atoms with van der Waals surface area (Å²) in [6.07, 6.45) is 0. The zero-order valence-electron chi connectivity index (χ0n) is 17.8. The van der Waals surface area contributed by atoms with Crippen LogP contribution < -0.4 is 0 Å². The van der Waals surface area contributed by atoms with E-state index in [1.54, 1.807) is 0 Å². The fourth-order valence-electron chi connectivity index (χ4n) is 5.33. The fraction of sp³-hybridized carbons (Fsp3) is 0. The zero-order chi connectivity index (χ0) is 21.9. The summed E-state index contributed by atoms with van der Waals surface area (Å²) in [5, 5.41) is 2.48. The Morgan fingerprint density at radius 1 is 0.485 bits per heavy atom. The number of nitrogens with zero attached hydrogens (tertiary/aromatic N) is 1. The van der Waals surface area contributed by atoms with Gasteiger partial charge in [-0.2, -0.15) is 0 Å². The van der Waals surface area contributed by atoms with E-state index in [4.69, 9.17) is 0 Å². The molecule has 7 rings (SSSR count). The summed E-state index contributed by atoms with van der Waals surface area (Å²) < 4.78 is 2.31. The van der Waals surface area contributed by atoms with E-state index in [0.717, 1.165) is 39.1 Å². The quantitative estimate of drug-likeness (QED) is 0.281. The van der Waals surface area contributed by atoms with Gasteiger partial charge < -0.3 is 4.57 Å². The Morgan fingerprint density at radius 2 is 1.06 bits per heavy atom. The van der Waals surface area contributed by atoms with Crippen LogP contribution in [0.2, 0.25) is 0 Å². The van der Waals surface area contributed by atoms with Crippen molar-refractivity contribution in [1.29, 1.82) is 0 Å².